The van der Waals surface area contributed by atoms with Gasteiger partial charge in [-0.3, -0.25) is 9.36 Å². The van der Waals surface area contributed by atoms with E-state index in [1.54, 1.807) is 16.3 Å². The largest absolute Gasteiger partial charge is 0.396 e. The lowest BCUT2D eigenvalue weighted by molar-refractivity contribution is 0.284. The number of fused-ring (bicyclic) bond motifs is 1. The standard InChI is InChI=1S/C21H24N2O2S/c1-15-9-8-12-19(16(15)2)23-20(25)17-10-4-5-11-18(17)22-21(23)26-14-7-3-6-13-24/h4-5,8-12,24H,3,6-7,13-14H2,1-2H3. The van der Waals surface area contributed by atoms with Crippen LogP contribution in [0.15, 0.2) is 52.4 Å². The number of benzene rings is 2. The quantitative estimate of drug-likeness (QED) is 0.385. The number of hydrogen-bond donors (Lipinski definition) is 1. The summed E-state index contributed by atoms with van der Waals surface area (Å²) < 4.78 is 1.75. The highest BCUT2D eigenvalue weighted by molar-refractivity contribution is 7.99. The molecule has 0 spiro atoms. The van der Waals surface area contributed by atoms with E-state index in [0.29, 0.717) is 5.39 Å². The molecule has 0 bridgehead atoms. The van der Waals surface area contributed by atoms with Gasteiger partial charge in [-0.25, -0.2) is 4.98 Å². The highest BCUT2D eigenvalue weighted by Gasteiger charge is 2.15. The third-order valence-electron chi connectivity index (χ3n) is 4.60. The fourth-order valence-corrected chi connectivity index (χ4v) is 3.96. The molecule has 3 rings (SSSR count). The molecule has 0 aliphatic heterocycles. The van der Waals surface area contributed by atoms with E-state index in [1.807, 2.05) is 43.3 Å². The van der Waals surface area contributed by atoms with E-state index in [1.165, 1.54) is 0 Å². The van der Waals surface area contributed by atoms with Crippen LogP contribution in [0.25, 0.3) is 16.6 Å². The summed E-state index contributed by atoms with van der Waals surface area (Å²) in [7, 11) is 0. The van der Waals surface area contributed by atoms with Gasteiger partial charge in [0.1, 0.15) is 0 Å². The smallest absolute Gasteiger partial charge is 0.266 e. The maximum atomic E-state index is 13.2. The van der Waals surface area contributed by atoms with Gasteiger partial charge in [0.2, 0.25) is 0 Å². The molecule has 0 saturated heterocycles. The Hall–Kier alpha value is -2.11. The highest BCUT2D eigenvalue weighted by Crippen LogP contribution is 2.25. The zero-order chi connectivity index (χ0) is 18.5. The van der Waals surface area contributed by atoms with Crippen LogP contribution in [0.5, 0.6) is 0 Å². The molecule has 0 aliphatic rings. The fraction of sp³-hybridized carbons (Fsp3) is 0.333. The Balaban J connectivity index is 2.09. The van der Waals surface area contributed by atoms with Crippen molar-refractivity contribution in [3.8, 4) is 5.69 Å². The van der Waals surface area contributed by atoms with Gasteiger partial charge in [0.15, 0.2) is 5.16 Å². The van der Waals surface area contributed by atoms with Crippen LogP contribution in [0.2, 0.25) is 0 Å². The van der Waals surface area contributed by atoms with Crippen molar-refractivity contribution in [3.05, 3.63) is 63.9 Å². The molecule has 1 heterocycles. The van der Waals surface area contributed by atoms with Crippen LogP contribution in [0.4, 0.5) is 0 Å². The predicted molar refractivity (Wildman–Crippen MR) is 108 cm³/mol. The van der Waals surface area contributed by atoms with Crippen molar-refractivity contribution in [2.24, 2.45) is 0 Å². The second-order valence-corrected chi connectivity index (χ2v) is 7.47. The second kappa shape index (κ2) is 8.52. The monoisotopic (exact) mass is 368 g/mol. The summed E-state index contributed by atoms with van der Waals surface area (Å²) in [6.07, 6.45) is 2.78. The van der Waals surface area contributed by atoms with Crippen molar-refractivity contribution in [2.75, 3.05) is 12.4 Å². The molecule has 0 radical (unpaired) electrons. The van der Waals surface area contributed by atoms with Gasteiger partial charge in [0.05, 0.1) is 16.6 Å². The number of aryl methyl sites for hydroxylation is 1. The number of aliphatic hydroxyl groups excluding tert-OH is 1. The van der Waals surface area contributed by atoms with E-state index in [0.717, 1.165) is 52.5 Å². The number of unbranched alkanes of at least 4 members (excludes halogenated alkanes) is 2. The maximum absolute atomic E-state index is 13.2. The minimum Gasteiger partial charge on any atom is -0.396 e. The lowest BCUT2D eigenvalue weighted by atomic mass is 10.1. The van der Waals surface area contributed by atoms with Crippen molar-refractivity contribution >= 4 is 22.7 Å². The van der Waals surface area contributed by atoms with Crippen LogP contribution in [-0.4, -0.2) is 27.0 Å². The first-order valence-electron chi connectivity index (χ1n) is 8.95. The minimum absolute atomic E-state index is 0.0258. The average molecular weight is 369 g/mol. The number of para-hydroxylation sites is 1. The van der Waals surface area contributed by atoms with Gasteiger partial charge in [0.25, 0.3) is 5.56 Å². The van der Waals surface area contributed by atoms with Crippen molar-refractivity contribution in [3.63, 3.8) is 0 Å². The number of thioether (sulfide) groups is 1. The molecular weight excluding hydrogens is 344 g/mol. The van der Waals surface area contributed by atoms with E-state index in [4.69, 9.17) is 10.1 Å². The molecule has 1 N–H and O–H groups in total. The zero-order valence-corrected chi connectivity index (χ0v) is 16.1. The van der Waals surface area contributed by atoms with Crippen molar-refractivity contribution in [1.82, 2.24) is 9.55 Å². The first kappa shape index (κ1) is 18.7. The third-order valence-corrected chi connectivity index (χ3v) is 5.62. The Morgan fingerprint density at radius 2 is 1.85 bits per heavy atom. The van der Waals surface area contributed by atoms with Crippen LogP contribution in [0.3, 0.4) is 0 Å². The summed E-state index contributed by atoms with van der Waals surface area (Å²) in [6, 6.07) is 13.5. The molecule has 136 valence electrons. The number of aromatic nitrogens is 2. The highest BCUT2D eigenvalue weighted by atomic mass is 32.2. The number of aliphatic hydroxyl groups is 1. The Morgan fingerprint density at radius 3 is 2.65 bits per heavy atom. The normalized spacial score (nSPS) is 11.2. The summed E-state index contributed by atoms with van der Waals surface area (Å²) in [6.45, 7) is 4.33. The molecule has 0 aliphatic carbocycles. The lowest BCUT2D eigenvalue weighted by Gasteiger charge is -2.16. The zero-order valence-electron chi connectivity index (χ0n) is 15.2. The minimum atomic E-state index is -0.0258. The van der Waals surface area contributed by atoms with E-state index >= 15 is 0 Å². The van der Waals surface area contributed by atoms with E-state index in [9.17, 15) is 4.79 Å². The van der Waals surface area contributed by atoms with Crippen LogP contribution >= 0.6 is 11.8 Å². The molecule has 0 atom stereocenters. The SMILES string of the molecule is Cc1cccc(-n2c(SCCCCCO)nc3ccccc3c2=O)c1C. The van der Waals surface area contributed by atoms with E-state index in [2.05, 4.69) is 13.0 Å². The molecule has 0 amide bonds. The molecule has 0 saturated carbocycles. The maximum Gasteiger partial charge on any atom is 0.266 e. The Kier molecular flexibility index (Phi) is 6.12. The number of rotatable bonds is 7. The lowest BCUT2D eigenvalue weighted by Crippen LogP contribution is -2.22. The van der Waals surface area contributed by atoms with Gasteiger partial charge in [-0.1, -0.05) is 42.4 Å². The first-order valence-corrected chi connectivity index (χ1v) is 9.94. The molecule has 3 aromatic rings. The Morgan fingerprint density at radius 1 is 1.04 bits per heavy atom. The van der Waals surface area contributed by atoms with Gasteiger partial charge in [-0.2, -0.15) is 0 Å². The van der Waals surface area contributed by atoms with Crippen molar-refractivity contribution in [1.29, 1.82) is 0 Å². The summed E-state index contributed by atoms with van der Waals surface area (Å²) in [5.74, 6) is 0.871. The Bertz CT molecular complexity index is 966. The molecule has 5 heteroatoms. The molecule has 26 heavy (non-hydrogen) atoms. The molecular formula is C21H24N2O2S. The van der Waals surface area contributed by atoms with E-state index in [-0.39, 0.29) is 12.2 Å². The van der Waals surface area contributed by atoms with Crippen LogP contribution in [0, 0.1) is 13.8 Å². The summed E-state index contributed by atoms with van der Waals surface area (Å²) in [5.41, 5.74) is 3.85. The summed E-state index contributed by atoms with van der Waals surface area (Å²) in [5, 5.41) is 10.3. The Labute approximate surface area is 157 Å². The van der Waals surface area contributed by atoms with Gasteiger partial charge in [-0.15, -0.1) is 0 Å². The predicted octanol–water partition coefficient (Wildman–Crippen LogP) is 4.26. The second-order valence-electron chi connectivity index (χ2n) is 6.40. The molecule has 2 aromatic carbocycles. The van der Waals surface area contributed by atoms with Crippen molar-refractivity contribution < 1.29 is 5.11 Å². The molecule has 0 unspecified atom stereocenters. The fourth-order valence-electron chi connectivity index (χ4n) is 2.95. The molecule has 0 fully saturated rings. The number of nitrogens with zero attached hydrogens (tertiary/aromatic N) is 2. The van der Waals surface area contributed by atoms with Crippen LogP contribution in [0.1, 0.15) is 30.4 Å². The number of hydrogen-bond acceptors (Lipinski definition) is 4. The first-order chi connectivity index (χ1) is 12.6. The van der Waals surface area contributed by atoms with Crippen LogP contribution < -0.4 is 5.56 Å². The van der Waals surface area contributed by atoms with Gasteiger partial charge in [0, 0.05) is 12.4 Å². The van der Waals surface area contributed by atoms with Gasteiger partial charge in [-0.05, 0) is 56.0 Å². The summed E-state index contributed by atoms with van der Waals surface area (Å²) >= 11 is 1.61. The van der Waals surface area contributed by atoms with Crippen molar-refractivity contribution in [2.45, 2.75) is 38.3 Å². The van der Waals surface area contributed by atoms with Gasteiger partial charge >= 0.3 is 0 Å². The summed E-state index contributed by atoms with van der Waals surface area (Å²) in [4.78, 5) is 18.0. The van der Waals surface area contributed by atoms with Gasteiger partial charge < -0.3 is 5.11 Å². The van der Waals surface area contributed by atoms with Crippen LogP contribution in [-0.2, 0) is 0 Å². The van der Waals surface area contributed by atoms with E-state index < -0.39 is 0 Å². The molecule has 1 aromatic heterocycles. The average Bonchev–Trinajstić information content (AvgIpc) is 2.65. The topological polar surface area (TPSA) is 55.1 Å². The third kappa shape index (κ3) is 3.84. The molecule has 4 nitrogen and oxygen atoms in total.